The number of methoxy groups -OCH3 is 1. The highest BCUT2D eigenvalue weighted by atomic mass is 16.5. The lowest BCUT2D eigenvalue weighted by atomic mass is 9.85. The van der Waals surface area contributed by atoms with Crippen LogP contribution in [0.1, 0.15) is 69.9 Å². The molecule has 2 heterocycles. The number of hydrogen-bond donors (Lipinski definition) is 3. The van der Waals surface area contributed by atoms with Crippen LogP contribution in [0.3, 0.4) is 0 Å². The summed E-state index contributed by atoms with van der Waals surface area (Å²) in [5.41, 5.74) is 6.46. The Morgan fingerprint density at radius 2 is 1.94 bits per heavy atom. The monoisotopic (exact) mass is 464 g/mol. The first kappa shape index (κ1) is 23.8. The van der Waals surface area contributed by atoms with E-state index in [1.807, 2.05) is 6.92 Å². The van der Waals surface area contributed by atoms with E-state index in [-0.39, 0.29) is 11.8 Å². The molecule has 2 amide bonds. The topological polar surface area (TPSA) is 104 Å². The number of nitrogens with one attached hydrogen (secondary N) is 3. The van der Waals surface area contributed by atoms with E-state index in [0.29, 0.717) is 40.9 Å². The highest BCUT2D eigenvalue weighted by molar-refractivity contribution is 6.37. The van der Waals surface area contributed by atoms with E-state index in [4.69, 9.17) is 4.74 Å². The number of H-pyrrole nitrogens is 1. The van der Waals surface area contributed by atoms with Crippen LogP contribution in [0.5, 0.6) is 0 Å². The average Bonchev–Trinajstić information content (AvgIpc) is 3.35. The van der Waals surface area contributed by atoms with Gasteiger partial charge in [-0.2, -0.15) is 0 Å². The van der Waals surface area contributed by atoms with Crippen molar-refractivity contribution in [2.24, 2.45) is 0 Å². The average molecular weight is 465 g/mol. The Hall–Kier alpha value is -3.39. The van der Waals surface area contributed by atoms with Crippen LogP contribution in [0.4, 0.5) is 5.69 Å². The fourth-order valence-electron chi connectivity index (χ4n) is 4.98. The van der Waals surface area contributed by atoms with Crippen molar-refractivity contribution in [3.63, 3.8) is 0 Å². The highest BCUT2D eigenvalue weighted by Crippen LogP contribution is 2.43. The summed E-state index contributed by atoms with van der Waals surface area (Å²) < 4.78 is 4.85. The zero-order chi connectivity index (χ0) is 24.4. The van der Waals surface area contributed by atoms with Gasteiger partial charge >= 0.3 is 5.97 Å². The minimum absolute atomic E-state index is 0.0855. The molecule has 0 saturated carbocycles. The molecule has 0 saturated heterocycles. The normalized spacial score (nSPS) is 16.8. The number of carbonyl (C=O) groups excluding carboxylic acids is 3. The highest BCUT2D eigenvalue weighted by Gasteiger charge is 2.33. The van der Waals surface area contributed by atoms with Crippen LogP contribution in [0.25, 0.3) is 11.1 Å². The number of nitrogens with zero attached hydrogens (tertiary/aromatic N) is 1. The van der Waals surface area contributed by atoms with Gasteiger partial charge in [-0.1, -0.05) is 13.8 Å². The van der Waals surface area contributed by atoms with Gasteiger partial charge in [0.25, 0.3) is 11.8 Å². The molecule has 2 aliphatic rings. The summed E-state index contributed by atoms with van der Waals surface area (Å²) >= 11 is 0. The molecule has 0 fully saturated rings. The summed E-state index contributed by atoms with van der Waals surface area (Å²) in [6.07, 6.45) is 2.31. The van der Waals surface area contributed by atoms with E-state index in [1.54, 1.807) is 18.2 Å². The third-order valence-corrected chi connectivity index (χ3v) is 6.77. The maximum absolute atomic E-state index is 13.1. The molecule has 1 aliphatic carbocycles. The summed E-state index contributed by atoms with van der Waals surface area (Å²) in [6.45, 7) is 9.40. The molecule has 0 spiro atoms. The number of allylic oxidation sites excluding steroid dienone is 1. The first-order chi connectivity index (χ1) is 16.4. The molecule has 2 aromatic rings. The number of aromatic nitrogens is 1. The molecule has 0 unspecified atom stereocenters. The zero-order valence-corrected chi connectivity index (χ0v) is 20.3. The minimum atomic E-state index is -0.449. The van der Waals surface area contributed by atoms with Gasteiger partial charge in [0.1, 0.15) is 0 Å². The number of amides is 2. The van der Waals surface area contributed by atoms with Crippen molar-refractivity contribution >= 4 is 34.6 Å². The van der Waals surface area contributed by atoms with Crippen molar-refractivity contribution in [1.82, 2.24) is 15.2 Å². The van der Waals surface area contributed by atoms with E-state index in [9.17, 15) is 14.4 Å². The van der Waals surface area contributed by atoms with Gasteiger partial charge in [-0.3, -0.25) is 9.59 Å². The third kappa shape index (κ3) is 4.25. The van der Waals surface area contributed by atoms with Crippen molar-refractivity contribution in [3.05, 3.63) is 51.8 Å². The molecule has 1 aliphatic heterocycles. The quantitative estimate of drug-likeness (QED) is 0.431. The van der Waals surface area contributed by atoms with Crippen molar-refractivity contribution < 1.29 is 19.1 Å². The Balaban J connectivity index is 1.70. The Bertz CT molecular complexity index is 1170. The number of anilines is 1. The van der Waals surface area contributed by atoms with Crippen molar-refractivity contribution in [2.45, 2.75) is 40.0 Å². The number of carbonyl (C=O) groups is 3. The second kappa shape index (κ2) is 9.85. The smallest absolute Gasteiger partial charge is 0.337 e. The Morgan fingerprint density at radius 3 is 2.65 bits per heavy atom. The molecule has 3 N–H and O–H groups in total. The van der Waals surface area contributed by atoms with Gasteiger partial charge in [0, 0.05) is 35.7 Å². The lowest BCUT2D eigenvalue weighted by Crippen LogP contribution is -2.35. The van der Waals surface area contributed by atoms with Crippen LogP contribution in [0.2, 0.25) is 0 Å². The van der Waals surface area contributed by atoms with Gasteiger partial charge < -0.3 is 25.3 Å². The Labute approximate surface area is 199 Å². The SMILES string of the molecule is CCN(CC)CCNC(=O)c1c(C)[nH]c2c1CCC/C2=C1/C(=O)Nc2ccc(C(=O)OC)cc21. The van der Waals surface area contributed by atoms with Crippen molar-refractivity contribution in [2.75, 3.05) is 38.6 Å². The predicted molar refractivity (Wildman–Crippen MR) is 132 cm³/mol. The lowest BCUT2D eigenvalue weighted by molar-refractivity contribution is -0.110. The molecule has 1 aromatic carbocycles. The number of aryl methyl sites for hydroxylation is 1. The second-order valence-corrected chi connectivity index (χ2v) is 8.67. The molecular formula is C26H32N4O4. The summed E-state index contributed by atoms with van der Waals surface area (Å²) in [5, 5.41) is 5.97. The standard InChI is InChI=1S/C26H32N4O4/c1-5-30(6-2)13-12-27-24(31)21-15(3)28-23-17(21)8-7-9-18(23)22-19-14-16(26(33)34-4)10-11-20(19)29-25(22)32/h10-11,14,28H,5-9,12-13H2,1-4H3,(H,27,31)(H,29,32)/b22-18-. The van der Waals surface area contributed by atoms with Crippen LogP contribution in [-0.4, -0.2) is 61.0 Å². The fourth-order valence-corrected chi connectivity index (χ4v) is 4.98. The first-order valence-corrected chi connectivity index (χ1v) is 11.9. The fraction of sp³-hybridized carbons (Fsp3) is 0.423. The van der Waals surface area contributed by atoms with E-state index in [1.165, 1.54) is 7.11 Å². The van der Waals surface area contributed by atoms with Gasteiger partial charge in [0.05, 0.1) is 23.8 Å². The van der Waals surface area contributed by atoms with E-state index in [0.717, 1.165) is 55.0 Å². The zero-order valence-electron chi connectivity index (χ0n) is 20.3. The van der Waals surface area contributed by atoms with E-state index >= 15 is 0 Å². The first-order valence-electron chi connectivity index (χ1n) is 11.9. The van der Waals surface area contributed by atoms with Crippen LogP contribution in [0, 0.1) is 6.92 Å². The number of fused-ring (bicyclic) bond motifs is 2. The lowest BCUT2D eigenvalue weighted by Gasteiger charge is -2.19. The third-order valence-electron chi connectivity index (χ3n) is 6.77. The maximum atomic E-state index is 13.1. The van der Waals surface area contributed by atoms with Crippen molar-refractivity contribution in [3.8, 4) is 0 Å². The van der Waals surface area contributed by atoms with Crippen molar-refractivity contribution in [1.29, 1.82) is 0 Å². The summed E-state index contributed by atoms with van der Waals surface area (Å²) in [4.78, 5) is 43.8. The summed E-state index contributed by atoms with van der Waals surface area (Å²) in [6, 6.07) is 5.07. The molecule has 8 heteroatoms. The Morgan fingerprint density at radius 1 is 1.18 bits per heavy atom. The van der Waals surface area contributed by atoms with Gasteiger partial charge in [-0.05, 0) is 68.6 Å². The Kier molecular flexibility index (Phi) is 6.88. The van der Waals surface area contributed by atoms with E-state index in [2.05, 4.69) is 34.4 Å². The predicted octanol–water partition coefficient (Wildman–Crippen LogP) is 3.38. The van der Waals surface area contributed by atoms with Gasteiger partial charge in [-0.25, -0.2) is 4.79 Å². The number of likely N-dealkylation sites (N-methyl/N-ethyl adjacent to an activating group) is 1. The number of esters is 1. The summed E-state index contributed by atoms with van der Waals surface area (Å²) in [7, 11) is 1.34. The van der Waals surface area contributed by atoms with Crippen LogP contribution >= 0.6 is 0 Å². The number of hydrogen-bond acceptors (Lipinski definition) is 5. The molecule has 1 aromatic heterocycles. The van der Waals surface area contributed by atoms with E-state index < -0.39 is 5.97 Å². The van der Waals surface area contributed by atoms with Gasteiger partial charge in [0.2, 0.25) is 0 Å². The molecule has 0 bridgehead atoms. The van der Waals surface area contributed by atoms with Crippen LogP contribution in [-0.2, 0) is 16.0 Å². The molecule has 34 heavy (non-hydrogen) atoms. The summed E-state index contributed by atoms with van der Waals surface area (Å²) in [5.74, 6) is -0.731. The molecule has 4 rings (SSSR count). The molecule has 0 atom stereocenters. The van der Waals surface area contributed by atoms with Gasteiger partial charge in [-0.15, -0.1) is 0 Å². The molecule has 0 radical (unpaired) electrons. The van der Waals surface area contributed by atoms with Crippen LogP contribution < -0.4 is 10.6 Å². The number of aromatic amines is 1. The number of ether oxygens (including phenoxy) is 1. The largest absolute Gasteiger partial charge is 0.465 e. The minimum Gasteiger partial charge on any atom is -0.465 e. The molecular weight excluding hydrogens is 432 g/mol. The van der Waals surface area contributed by atoms with Gasteiger partial charge in [0.15, 0.2) is 0 Å². The second-order valence-electron chi connectivity index (χ2n) is 8.67. The molecule has 8 nitrogen and oxygen atoms in total. The number of rotatable bonds is 7. The molecule has 180 valence electrons. The van der Waals surface area contributed by atoms with Crippen LogP contribution in [0.15, 0.2) is 18.2 Å². The number of benzene rings is 1. The maximum Gasteiger partial charge on any atom is 0.337 e.